The summed E-state index contributed by atoms with van der Waals surface area (Å²) in [6.07, 6.45) is 5.04. The number of hydrogen-bond donors (Lipinski definition) is 1. The van der Waals surface area contributed by atoms with Crippen molar-refractivity contribution >= 4 is 12.0 Å². The summed E-state index contributed by atoms with van der Waals surface area (Å²) in [7, 11) is 0. The van der Waals surface area contributed by atoms with E-state index in [0.717, 1.165) is 24.1 Å². The van der Waals surface area contributed by atoms with Crippen LogP contribution in [0.1, 0.15) is 37.8 Å². The van der Waals surface area contributed by atoms with Gasteiger partial charge in [-0.25, -0.2) is 9.18 Å². The number of carboxylic acids is 1. The van der Waals surface area contributed by atoms with Crippen molar-refractivity contribution in [3.63, 3.8) is 0 Å². The summed E-state index contributed by atoms with van der Waals surface area (Å²) >= 11 is 0. The van der Waals surface area contributed by atoms with Crippen LogP contribution in [0.3, 0.4) is 0 Å². The molecule has 114 valence electrons. The van der Waals surface area contributed by atoms with Crippen LogP contribution in [0.2, 0.25) is 0 Å². The van der Waals surface area contributed by atoms with Crippen LogP contribution in [-0.4, -0.2) is 28.6 Å². The van der Waals surface area contributed by atoms with E-state index in [1.165, 1.54) is 31.1 Å². The molecule has 2 rings (SSSR count). The highest BCUT2D eigenvalue weighted by molar-refractivity contribution is 5.85. The van der Waals surface area contributed by atoms with Crippen molar-refractivity contribution in [1.29, 1.82) is 0 Å². The minimum atomic E-state index is -1.03. The van der Waals surface area contributed by atoms with Crippen LogP contribution in [0.4, 0.5) is 4.39 Å². The summed E-state index contributed by atoms with van der Waals surface area (Å²) < 4.78 is 13.7. The van der Waals surface area contributed by atoms with Crippen molar-refractivity contribution in [2.45, 2.75) is 39.3 Å². The maximum Gasteiger partial charge on any atom is 0.328 e. The van der Waals surface area contributed by atoms with Crippen LogP contribution < -0.4 is 0 Å². The average Bonchev–Trinajstić information content (AvgIpc) is 3.19. The van der Waals surface area contributed by atoms with Crippen LogP contribution in [0.5, 0.6) is 0 Å². The van der Waals surface area contributed by atoms with E-state index < -0.39 is 5.97 Å². The molecule has 1 fully saturated rings. The number of carbonyl (C=O) groups is 1. The summed E-state index contributed by atoms with van der Waals surface area (Å²) in [6, 6.07) is 5.14. The lowest BCUT2D eigenvalue weighted by molar-refractivity contribution is -0.131. The smallest absolute Gasteiger partial charge is 0.328 e. The zero-order valence-electron chi connectivity index (χ0n) is 12.6. The molecular formula is C17H22FNO2. The topological polar surface area (TPSA) is 40.5 Å². The first-order chi connectivity index (χ1) is 9.94. The second-order valence-electron chi connectivity index (χ2n) is 6.03. The third-order valence-corrected chi connectivity index (χ3v) is 3.70. The van der Waals surface area contributed by atoms with Gasteiger partial charge in [-0.3, -0.25) is 4.90 Å². The van der Waals surface area contributed by atoms with Crippen molar-refractivity contribution in [2.75, 3.05) is 6.54 Å². The van der Waals surface area contributed by atoms with Crippen molar-refractivity contribution in [2.24, 2.45) is 5.92 Å². The van der Waals surface area contributed by atoms with Gasteiger partial charge in [0.2, 0.25) is 0 Å². The lowest BCUT2D eigenvalue weighted by Gasteiger charge is -2.26. The zero-order valence-corrected chi connectivity index (χ0v) is 12.6. The minimum Gasteiger partial charge on any atom is -0.478 e. The first kappa shape index (κ1) is 15.7. The number of carboxylic acid groups (broad SMARTS) is 1. The van der Waals surface area contributed by atoms with Gasteiger partial charge in [0.1, 0.15) is 5.82 Å². The molecule has 0 heterocycles. The Bertz CT molecular complexity index is 536. The predicted molar refractivity (Wildman–Crippen MR) is 81.3 cm³/mol. The zero-order chi connectivity index (χ0) is 15.4. The Morgan fingerprint density at radius 2 is 2.14 bits per heavy atom. The highest BCUT2D eigenvalue weighted by Gasteiger charge is 2.25. The number of halogens is 1. The molecule has 1 aromatic rings. The van der Waals surface area contributed by atoms with Gasteiger partial charge >= 0.3 is 5.97 Å². The number of aliphatic carboxylic acids is 1. The second-order valence-corrected chi connectivity index (χ2v) is 6.03. The molecule has 1 aromatic carbocycles. The molecule has 1 aliphatic rings. The van der Waals surface area contributed by atoms with Crippen LogP contribution in [0, 0.1) is 11.7 Å². The Morgan fingerprint density at radius 1 is 1.43 bits per heavy atom. The van der Waals surface area contributed by atoms with Crippen LogP contribution in [-0.2, 0) is 11.3 Å². The van der Waals surface area contributed by atoms with Crippen molar-refractivity contribution < 1.29 is 14.3 Å². The van der Waals surface area contributed by atoms with Crippen molar-refractivity contribution in [3.8, 4) is 0 Å². The molecular weight excluding hydrogens is 269 g/mol. The molecule has 0 aliphatic heterocycles. The standard InChI is InChI=1S/C17H22FNO2/c1-12(2)19(10-13-3-4-13)11-15-7-14(5-6-17(20)21)8-16(18)9-15/h5-9,12-13H,3-4,10-11H2,1-2H3,(H,20,21). The largest absolute Gasteiger partial charge is 0.478 e. The monoisotopic (exact) mass is 291 g/mol. The van der Waals surface area contributed by atoms with Gasteiger partial charge in [-0.2, -0.15) is 0 Å². The van der Waals surface area contributed by atoms with Crippen molar-refractivity contribution in [1.82, 2.24) is 4.90 Å². The highest BCUT2D eigenvalue weighted by atomic mass is 19.1. The molecule has 1 N–H and O–H groups in total. The van der Waals surface area contributed by atoms with Gasteiger partial charge in [-0.05, 0) is 61.9 Å². The molecule has 0 bridgehead atoms. The van der Waals surface area contributed by atoms with E-state index in [1.54, 1.807) is 0 Å². The molecule has 1 saturated carbocycles. The molecule has 0 aromatic heterocycles. The molecule has 0 amide bonds. The summed E-state index contributed by atoms with van der Waals surface area (Å²) in [5.74, 6) is -0.571. The molecule has 4 heteroatoms. The third kappa shape index (κ3) is 5.31. The van der Waals surface area contributed by atoms with Gasteiger partial charge in [0.15, 0.2) is 0 Å². The Hall–Kier alpha value is -1.68. The molecule has 0 radical (unpaired) electrons. The maximum absolute atomic E-state index is 13.7. The van der Waals surface area contributed by atoms with E-state index in [-0.39, 0.29) is 5.82 Å². The Kier molecular flexibility index (Phi) is 5.12. The summed E-state index contributed by atoms with van der Waals surface area (Å²) in [5.41, 5.74) is 1.47. The van der Waals surface area contributed by atoms with Gasteiger partial charge in [0.05, 0.1) is 0 Å². The van der Waals surface area contributed by atoms with E-state index in [4.69, 9.17) is 5.11 Å². The minimum absolute atomic E-state index is 0.326. The van der Waals surface area contributed by atoms with Crippen LogP contribution >= 0.6 is 0 Å². The number of hydrogen-bond acceptors (Lipinski definition) is 2. The normalized spacial score (nSPS) is 15.3. The van der Waals surface area contributed by atoms with Gasteiger partial charge in [-0.15, -0.1) is 0 Å². The summed E-state index contributed by atoms with van der Waals surface area (Å²) in [6.45, 7) is 6.04. The fraction of sp³-hybridized carbons (Fsp3) is 0.471. The SMILES string of the molecule is CC(C)N(Cc1cc(F)cc(C=CC(=O)O)c1)CC1CC1. The summed E-state index contributed by atoms with van der Waals surface area (Å²) in [5, 5.41) is 8.65. The van der Waals surface area contributed by atoms with E-state index in [0.29, 0.717) is 18.2 Å². The Balaban J connectivity index is 2.11. The van der Waals surface area contributed by atoms with E-state index in [2.05, 4.69) is 18.7 Å². The van der Waals surface area contributed by atoms with Gasteiger partial charge < -0.3 is 5.11 Å². The third-order valence-electron chi connectivity index (χ3n) is 3.70. The van der Waals surface area contributed by atoms with Gasteiger partial charge in [-0.1, -0.05) is 6.07 Å². The number of rotatable bonds is 7. The second kappa shape index (κ2) is 6.85. The fourth-order valence-corrected chi connectivity index (χ4v) is 2.35. The molecule has 0 saturated heterocycles. The molecule has 3 nitrogen and oxygen atoms in total. The van der Waals surface area contributed by atoms with Crippen LogP contribution in [0.25, 0.3) is 6.08 Å². The Labute approximate surface area is 125 Å². The quantitative estimate of drug-likeness (QED) is 0.781. The summed E-state index contributed by atoms with van der Waals surface area (Å²) in [4.78, 5) is 12.9. The average molecular weight is 291 g/mol. The molecule has 0 unspecified atom stereocenters. The molecule has 0 atom stereocenters. The van der Waals surface area contributed by atoms with Crippen LogP contribution in [0.15, 0.2) is 24.3 Å². The van der Waals surface area contributed by atoms with Gasteiger partial charge in [0, 0.05) is 25.2 Å². The van der Waals surface area contributed by atoms with E-state index >= 15 is 0 Å². The Morgan fingerprint density at radius 3 is 2.71 bits per heavy atom. The molecule has 1 aliphatic carbocycles. The molecule has 21 heavy (non-hydrogen) atoms. The van der Waals surface area contributed by atoms with Crippen molar-refractivity contribution in [3.05, 3.63) is 41.2 Å². The fourth-order valence-electron chi connectivity index (χ4n) is 2.35. The van der Waals surface area contributed by atoms with Gasteiger partial charge in [0.25, 0.3) is 0 Å². The first-order valence-corrected chi connectivity index (χ1v) is 7.38. The van der Waals surface area contributed by atoms with E-state index in [9.17, 15) is 9.18 Å². The number of nitrogens with zero attached hydrogens (tertiary/aromatic N) is 1. The lowest BCUT2D eigenvalue weighted by Crippen LogP contribution is -2.32. The maximum atomic E-state index is 13.7. The lowest BCUT2D eigenvalue weighted by atomic mass is 10.1. The highest BCUT2D eigenvalue weighted by Crippen LogP contribution is 2.31. The number of benzene rings is 1. The predicted octanol–water partition coefficient (Wildman–Crippen LogP) is 3.54. The van der Waals surface area contributed by atoms with E-state index in [1.807, 2.05) is 6.07 Å². The first-order valence-electron chi connectivity index (χ1n) is 7.38. The molecule has 0 spiro atoms.